The zero-order valence-electron chi connectivity index (χ0n) is 16.0. The number of hydrogen-bond acceptors (Lipinski definition) is 6. The van der Waals surface area contributed by atoms with Crippen LogP contribution >= 0.6 is 23.2 Å². The Kier molecular flexibility index (Phi) is 5.20. The number of nitriles is 1. The standard InChI is InChI=1S/C21H16Cl2N4O3/c1-28-11-4-5-12(16(8-11)29-2)17-13(9-24)20(25)30-21-18(17)19(26-27-21)10-3-6-14(22)15(23)7-10/h3-8,17H,25H2,1-2H3,(H,26,27)/t17-/m1/s1. The Morgan fingerprint density at radius 2 is 1.93 bits per heavy atom. The van der Waals surface area contributed by atoms with Crippen molar-refractivity contribution < 1.29 is 14.2 Å². The zero-order chi connectivity index (χ0) is 21.4. The third-order valence-electron chi connectivity index (χ3n) is 4.90. The number of methoxy groups -OCH3 is 2. The molecule has 0 saturated carbocycles. The number of aromatic amines is 1. The molecule has 30 heavy (non-hydrogen) atoms. The molecule has 3 aromatic rings. The Morgan fingerprint density at radius 1 is 1.13 bits per heavy atom. The molecule has 2 heterocycles. The van der Waals surface area contributed by atoms with Gasteiger partial charge in [0.05, 0.1) is 41.4 Å². The molecule has 1 aliphatic rings. The minimum absolute atomic E-state index is 0.0138. The lowest BCUT2D eigenvalue weighted by Crippen LogP contribution is -2.21. The average molecular weight is 443 g/mol. The fourth-order valence-electron chi connectivity index (χ4n) is 3.48. The van der Waals surface area contributed by atoms with Gasteiger partial charge in [0.15, 0.2) is 0 Å². The van der Waals surface area contributed by atoms with Crippen LogP contribution in [0.15, 0.2) is 47.9 Å². The van der Waals surface area contributed by atoms with E-state index in [4.69, 9.17) is 43.1 Å². The van der Waals surface area contributed by atoms with E-state index in [0.717, 1.165) is 5.56 Å². The summed E-state index contributed by atoms with van der Waals surface area (Å²) in [5.41, 5.74) is 9.01. The van der Waals surface area contributed by atoms with Gasteiger partial charge in [0.2, 0.25) is 11.8 Å². The molecule has 152 valence electrons. The Bertz CT molecular complexity index is 1210. The molecule has 1 aliphatic heterocycles. The van der Waals surface area contributed by atoms with Crippen LogP contribution in [0, 0.1) is 11.3 Å². The Balaban J connectivity index is 1.97. The molecular weight excluding hydrogens is 427 g/mol. The molecule has 0 bridgehead atoms. The lowest BCUT2D eigenvalue weighted by molar-refractivity contribution is 0.373. The number of nitrogens with one attached hydrogen (secondary N) is 1. The number of halogens is 2. The van der Waals surface area contributed by atoms with E-state index in [2.05, 4.69) is 16.3 Å². The fraction of sp³-hybridized carbons (Fsp3) is 0.143. The van der Waals surface area contributed by atoms with Crippen molar-refractivity contribution in [2.45, 2.75) is 5.92 Å². The van der Waals surface area contributed by atoms with E-state index in [9.17, 15) is 5.26 Å². The number of H-pyrrole nitrogens is 1. The lowest BCUT2D eigenvalue weighted by Gasteiger charge is -2.25. The van der Waals surface area contributed by atoms with Gasteiger partial charge in [0, 0.05) is 17.2 Å². The van der Waals surface area contributed by atoms with E-state index in [1.807, 2.05) is 6.07 Å². The second kappa shape index (κ2) is 7.82. The minimum atomic E-state index is -0.581. The quantitative estimate of drug-likeness (QED) is 0.610. The molecule has 0 aliphatic carbocycles. The first-order valence-electron chi connectivity index (χ1n) is 8.81. The van der Waals surface area contributed by atoms with E-state index < -0.39 is 5.92 Å². The largest absolute Gasteiger partial charge is 0.497 e. The van der Waals surface area contributed by atoms with Crippen molar-refractivity contribution >= 4 is 23.2 Å². The topological polar surface area (TPSA) is 106 Å². The van der Waals surface area contributed by atoms with Gasteiger partial charge in [-0.25, -0.2) is 0 Å². The number of allylic oxidation sites excluding steroid dienone is 1. The van der Waals surface area contributed by atoms with E-state index >= 15 is 0 Å². The van der Waals surface area contributed by atoms with Gasteiger partial charge in [-0.2, -0.15) is 5.26 Å². The van der Waals surface area contributed by atoms with Crippen molar-refractivity contribution in [1.29, 1.82) is 5.26 Å². The van der Waals surface area contributed by atoms with Crippen LogP contribution in [0.5, 0.6) is 17.4 Å². The minimum Gasteiger partial charge on any atom is -0.497 e. The van der Waals surface area contributed by atoms with Crippen molar-refractivity contribution in [1.82, 2.24) is 10.2 Å². The average Bonchev–Trinajstić information content (AvgIpc) is 3.17. The predicted molar refractivity (Wildman–Crippen MR) is 113 cm³/mol. The highest BCUT2D eigenvalue weighted by Gasteiger charge is 2.37. The highest BCUT2D eigenvalue weighted by Crippen LogP contribution is 2.48. The summed E-state index contributed by atoms with van der Waals surface area (Å²) in [7, 11) is 3.12. The van der Waals surface area contributed by atoms with Crippen LogP contribution in [-0.2, 0) is 0 Å². The smallest absolute Gasteiger partial charge is 0.244 e. The highest BCUT2D eigenvalue weighted by atomic mass is 35.5. The summed E-state index contributed by atoms with van der Waals surface area (Å²) in [6, 6.07) is 12.7. The zero-order valence-corrected chi connectivity index (χ0v) is 17.5. The third kappa shape index (κ3) is 3.20. The van der Waals surface area contributed by atoms with Crippen LogP contribution in [0.1, 0.15) is 17.0 Å². The first kappa shape index (κ1) is 20.0. The van der Waals surface area contributed by atoms with Crippen molar-refractivity contribution in [2.24, 2.45) is 5.73 Å². The molecule has 7 nitrogen and oxygen atoms in total. The Hall–Kier alpha value is -3.34. The first-order valence-corrected chi connectivity index (χ1v) is 9.57. The van der Waals surface area contributed by atoms with Crippen molar-refractivity contribution in [3.8, 4) is 34.7 Å². The van der Waals surface area contributed by atoms with Crippen molar-refractivity contribution in [3.63, 3.8) is 0 Å². The second-order valence-corrected chi connectivity index (χ2v) is 7.29. The lowest BCUT2D eigenvalue weighted by atomic mass is 9.82. The summed E-state index contributed by atoms with van der Waals surface area (Å²) in [6.45, 7) is 0. The summed E-state index contributed by atoms with van der Waals surface area (Å²) in [5, 5.41) is 17.9. The van der Waals surface area contributed by atoms with Gasteiger partial charge < -0.3 is 19.9 Å². The molecule has 9 heteroatoms. The first-order chi connectivity index (χ1) is 14.5. The normalized spacial score (nSPS) is 15.2. The number of fused-ring (bicyclic) bond motifs is 1. The number of benzene rings is 2. The predicted octanol–water partition coefficient (Wildman–Crippen LogP) is 4.62. The molecule has 0 unspecified atom stereocenters. The molecule has 2 aromatic carbocycles. The molecule has 0 amide bonds. The molecule has 1 aromatic heterocycles. The number of rotatable bonds is 4. The van der Waals surface area contributed by atoms with E-state index in [1.165, 1.54) is 0 Å². The van der Waals surface area contributed by atoms with Crippen molar-refractivity contribution in [3.05, 3.63) is 69.0 Å². The van der Waals surface area contributed by atoms with E-state index in [1.54, 1.807) is 44.6 Å². The van der Waals surface area contributed by atoms with Crippen LogP contribution < -0.4 is 19.9 Å². The van der Waals surface area contributed by atoms with Gasteiger partial charge in [-0.3, -0.25) is 5.10 Å². The summed E-state index contributed by atoms with van der Waals surface area (Å²) < 4.78 is 16.5. The number of aromatic nitrogens is 2. The molecule has 0 fully saturated rings. The maximum Gasteiger partial charge on any atom is 0.244 e. The molecule has 0 spiro atoms. The van der Waals surface area contributed by atoms with Gasteiger partial charge in [-0.1, -0.05) is 35.3 Å². The van der Waals surface area contributed by atoms with Crippen LogP contribution in [0.2, 0.25) is 10.0 Å². The summed E-state index contributed by atoms with van der Waals surface area (Å²) in [5.74, 6) is 0.836. The monoisotopic (exact) mass is 442 g/mol. The molecule has 3 N–H and O–H groups in total. The third-order valence-corrected chi connectivity index (χ3v) is 5.64. The van der Waals surface area contributed by atoms with Gasteiger partial charge in [-0.05, 0) is 18.2 Å². The molecule has 0 radical (unpaired) electrons. The highest BCUT2D eigenvalue weighted by molar-refractivity contribution is 6.42. The fourth-order valence-corrected chi connectivity index (χ4v) is 3.78. The van der Waals surface area contributed by atoms with Crippen LogP contribution in [-0.4, -0.2) is 24.4 Å². The maximum atomic E-state index is 9.86. The van der Waals surface area contributed by atoms with Gasteiger partial charge >= 0.3 is 0 Å². The number of nitrogens with zero attached hydrogens (tertiary/aromatic N) is 2. The Labute approximate surface area is 182 Å². The van der Waals surface area contributed by atoms with Crippen LogP contribution in [0.3, 0.4) is 0 Å². The summed E-state index contributed by atoms with van der Waals surface area (Å²) in [4.78, 5) is 0. The molecular formula is C21H16Cl2N4O3. The molecule has 1 atom stereocenters. The second-order valence-electron chi connectivity index (χ2n) is 6.48. The summed E-state index contributed by atoms with van der Waals surface area (Å²) in [6.07, 6.45) is 0. The van der Waals surface area contributed by atoms with Gasteiger partial charge in [0.1, 0.15) is 23.1 Å². The SMILES string of the molecule is COc1ccc([C@@H]2C(C#N)=C(N)Oc3n[nH]c(-c4ccc(Cl)c(Cl)c4)c32)c(OC)c1. The van der Waals surface area contributed by atoms with Crippen LogP contribution in [0.25, 0.3) is 11.3 Å². The summed E-state index contributed by atoms with van der Waals surface area (Å²) >= 11 is 12.3. The van der Waals surface area contributed by atoms with E-state index in [0.29, 0.717) is 38.4 Å². The van der Waals surface area contributed by atoms with E-state index in [-0.39, 0.29) is 17.3 Å². The maximum absolute atomic E-state index is 9.86. The number of hydrogen-bond donors (Lipinski definition) is 2. The Morgan fingerprint density at radius 3 is 2.60 bits per heavy atom. The van der Waals surface area contributed by atoms with Crippen LogP contribution in [0.4, 0.5) is 0 Å². The number of nitrogens with two attached hydrogens (primary N) is 1. The molecule has 4 rings (SSSR count). The molecule has 0 saturated heterocycles. The van der Waals surface area contributed by atoms with Gasteiger partial charge in [0.25, 0.3) is 0 Å². The van der Waals surface area contributed by atoms with Gasteiger partial charge in [-0.15, -0.1) is 5.10 Å². The number of ether oxygens (including phenoxy) is 3. The van der Waals surface area contributed by atoms with Crippen molar-refractivity contribution in [2.75, 3.05) is 14.2 Å².